The van der Waals surface area contributed by atoms with E-state index in [4.69, 9.17) is 0 Å². The van der Waals surface area contributed by atoms with Crippen molar-refractivity contribution in [2.45, 2.75) is 36.5 Å². The number of thioether (sulfide) groups is 1. The fourth-order valence-corrected chi connectivity index (χ4v) is 3.54. The fraction of sp³-hybridized carbons (Fsp3) is 0.227. The van der Waals surface area contributed by atoms with Gasteiger partial charge in [0.15, 0.2) is 5.16 Å². The normalized spacial score (nSPS) is 13.5. The van der Waals surface area contributed by atoms with Crippen molar-refractivity contribution in [2.75, 3.05) is 0 Å². The van der Waals surface area contributed by atoms with Gasteiger partial charge in [-0.15, -0.1) is 0 Å². The molecule has 1 N–H and O–H groups in total. The number of aromatic nitrogens is 2. The summed E-state index contributed by atoms with van der Waals surface area (Å²) in [6.45, 7) is 3.46. The lowest BCUT2D eigenvalue weighted by Gasteiger charge is -2.18. The zero-order valence-electron chi connectivity index (χ0n) is 16.4. The SMILES string of the molecule is C[C@H](Sc1nc(-c2ccccc2)cc(C(F)(F)F)n1)C(=O)N[C@@H](C)c1ccccc1. The standard InChI is InChI=1S/C22H20F3N3OS/c1-14(16-9-5-3-6-10-16)26-20(29)15(2)30-21-27-18(17-11-7-4-8-12-17)13-19(28-21)22(23,24)25/h3-15H,1-2H3,(H,26,29)/t14-,15-/m0/s1. The summed E-state index contributed by atoms with van der Waals surface area (Å²) in [7, 11) is 0. The largest absolute Gasteiger partial charge is 0.433 e. The topological polar surface area (TPSA) is 54.9 Å². The summed E-state index contributed by atoms with van der Waals surface area (Å²) in [6, 6.07) is 18.7. The molecule has 0 saturated heterocycles. The van der Waals surface area contributed by atoms with E-state index in [9.17, 15) is 18.0 Å². The number of nitrogens with one attached hydrogen (secondary N) is 1. The second-order valence-corrected chi connectivity index (χ2v) is 7.99. The first-order valence-electron chi connectivity index (χ1n) is 9.27. The van der Waals surface area contributed by atoms with E-state index in [0.717, 1.165) is 23.4 Å². The minimum atomic E-state index is -4.62. The summed E-state index contributed by atoms with van der Waals surface area (Å²) in [6.07, 6.45) is -4.62. The van der Waals surface area contributed by atoms with Crippen molar-refractivity contribution in [2.24, 2.45) is 0 Å². The first kappa shape index (κ1) is 21.8. The lowest BCUT2D eigenvalue weighted by molar-refractivity contribution is -0.141. The smallest absolute Gasteiger partial charge is 0.349 e. The molecule has 3 rings (SSSR count). The van der Waals surface area contributed by atoms with E-state index in [0.29, 0.717) is 5.56 Å². The third kappa shape index (κ3) is 5.60. The Hall–Kier alpha value is -2.87. The van der Waals surface area contributed by atoms with Gasteiger partial charge in [-0.2, -0.15) is 13.2 Å². The first-order chi connectivity index (χ1) is 14.2. The molecule has 1 aromatic heterocycles. The van der Waals surface area contributed by atoms with Crippen LogP contribution >= 0.6 is 11.8 Å². The van der Waals surface area contributed by atoms with Gasteiger partial charge in [-0.3, -0.25) is 4.79 Å². The molecule has 2 atom stereocenters. The number of alkyl halides is 3. The van der Waals surface area contributed by atoms with E-state index in [1.807, 2.05) is 37.3 Å². The van der Waals surface area contributed by atoms with E-state index in [1.165, 1.54) is 0 Å². The predicted molar refractivity (Wildman–Crippen MR) is 111 cm³/mol. The molecule has 0 spiro atoms. The van der Waals surface area contributed by atoms with Crippen molar-refractivity contribution in [1.82, 2.24) is 15.3 Å². The van der Waals surface area contributed by atoms with Crippen molar-refractivity contribution in [3.8, 4) is 11.3 Å². The van der Waals surface area contributed by atoms with Crippen molar-refractivity contribution in [3.63, 3.8) is 0 Å². The Kier molecular flexibility index (Phi) is 6.77. The van der Waals surface area contributed by atoms with Crippen molar-refractivity contribution in [3.05, 3.63) is 78.0 Å². The van der Waals surface area contributed by atoms with Crippen LogP contribution in [0.5, 0.6) is 0 Å². The molecule has 30 heavy (non-hydrogen) atoms. The number of benzene rings is 2. The molecule has 2 aromatic carbocycles. The molecule has 0 aliphatic carbocycles. The molecule has 0 unspecified atom stereocenters. The number of nitrogens with zero attached hydrogens (tertiary/aromatic N) is 2. The van der Waals surface area contributed by atoms with Gasteiger partial charge in [0.2, 0.25) is 5.91 Å². The Morgan fingerprint density at radius 1 is 0.967 bits per heavy atom. The molecule has 1 heterocycles. The van der Waals surface area contributed by atoms with Crippen LogP contribution in [0, 0.1) is 0 Å². The number of carbonyl (C=O) groups is 1. The van der Waals surface area contributed by atoms with Crippen molar-refractivity contribution in [1.29, 1.82) is 0 Å². The quantitative estimate of drug-likeness (QED) is 0.412. The maximum absolute atomic E-state index is 13.3. The number of amides is 1. The van der Waals surface area contributed by atoms with E-state index in [1.54, 1.807) is 37.3 Å². The average molecular weight is 431 g/mol. The zero-order chi connectivity index (χ0) is 21.7. The van der Waals surface area contributed by atoms with Crippen LogP contribution in [0.15, 0.2) is 71.9 Å². The summed E-state index contributed by atoms with van der Waals surface area (Å²) >= 11 is 0.894. The molecule has 0 bridgehead atoms. The van der Waals surface area contributed by atoms with Crippen molar-refractivity contribution >= 4 is 17.7 Å². The Morgan fingerprint density at radius 3 is 2.17 bits per heavy atom. The van der Waals surface area contributed by atoms with Crippen LogP contribution in [0.25, 0.3) is 11.3 Å². The third-order valence-electron chi connectivity index (χ3n) is 4.38. The molecule has 156 valence electrons. The lowest BCUT2D eigenvalue weighted by atomic mass is 10.1. The lowest BCUT2D eigenvalue weighted by Crippen LogP contribution is -2.33. The second kappa shape index (κ2) is 9.30. The van der Waals surface area contributed by atoms with Gasteiger partial charge < -0.3 is 5.32 Å². The van der Waals surface area contributed by atoms with Gasteiger partial charge in [-0.05, 0) is 25.5 Å². The second-order valence-electron chi connectivity index (χ2n) is 6.69. The number of carbonyl (C=O) groups excluding carboxylic acids is 1. The van der Waals surface area contributed by atoms with Gasteiger partial charge in [-0.1, -0.05) is 72.4 Å². The molecule has 0 aliphatic heterocycles. The summed E-state index contributed by atoms with van der Waals surface area (Å²) in [4.78, 5) is 20.4. The number of rotatable bonds is 6. The van der Waals surface area contributed by atoms with Crippen LogP contribution in [-0.4, -0.2) is 21.1 Å². The molecule has 8 heteroatoms. The Balaban J connectivity index is 1.80. The van der Waals surface area contributed by atoms with Gasteiger partial charge in [0, 0.05) is 5.56 Å². The molecular formula is C22H20F3N3OS. The summed E-state index contributed by atoms with van der Waals surface area (Å²) in [5, 5.41) is 2.09. The highest BCUT2D eigenvalue weighted by Crippen LogP contribution is 2.33. The van der Waals surface area contributed by atoms with Gasteiger partial charge in [-0.25, -0.2) is 9.97 Å². The van der Waals surface area contributed by atoms with Crippen LogP contribution in [0.1, 0.15) is 31.1 Å². The van der Waals surface area contributed by atoms with Crippen LogP contribution in [0.4, 0.5) is 13.2 Å². The minimum Gasteiger partial charge on any atom is -0.349 e. The van der Waals surface area contributed by atoms with Crippen LogP contribution in [-0.2, 0) is 11.0 Å². The van der Waals surface area contributed by atoms with Crippen LogP contribution in [0.2, 0.25) is 0 Å². The van der Waals surface area contributed by atoms with E-state index in [2.05, 4.69) is 15.3 Å². The van der Waals surface area contributed by atoms with E-state index >= 15 is 0 Å². The average Bonchev–Trinajstić information content (AvgIpc) is 2.74. The maximum Gasteiger partial charge on any atom is 0.433 e. The molecule has 0 aliphatic rings. The van der Waals surface area contributed by atoms with Crippen molar-refractivity contribution < 1.29 is 18.0 Å². The van der Waals surface area contributed by atoms with Gasteiger partial charge in [0.1, 0.15) is 5.69 Å². The van der Waals surface area contributed by atoms with Crippen LogP contribution in [0.3, 0.4) is 0 Å². The Bertz CT molecular complexity index is 998. The summed E-state index contributed by atoms with van der Waals surface area (Å²) in [5.41, 5.74) is 0.599. The number of hydrogen-bond acceptors (Lipinski definition) is 4. The number of hydrogen-bond donors (Lipinski definition) is 1. The molecule has 3 aromatic rings. The minimum absolute atomic E-state index is 0.0984. The zero-order valence-corrected chi connectivity index (χ0v) is 17.2. The van der Waals surface area contributed by atoms with Gasteiger partial charge in [0.05, 0.1) is 17.0 Å². The monoisotopic (exact) mass is 431 g/mol. The van der Waals surface area contributed by atoms with E-state index in [-0.39, 0.29) is 22.8 Å². The highest BCUT2D eigenvalue weighted by molar-refractivity contribution is 8.00. The number of halogens is 3. The van der Waals surface area contributed by atoms with Gasteiger partial charge in [0.25, 0.3) is 0 Å². The first-order valence-corrected chi connectivity index (χ1v) is 10.2. The molecular weight excluding hydrogens is 411 g/mol. The molecule has 1 amide bonds. The fourth-order valence-electron chi connectivity index (χ4n) is 2.75. The van der Waals surface area contributed by atoms with E-state index < -0.39 is 17.1 Å². The highest BCUT2D eigenvalue weighted by atomic mass is 32.2. The van der Waals surface area contributed by atoms with Crippen LogP contribution < -0.4 is 5.32 Å². The molecule has 0 fully saturated rings. The van der Waals surface area contributed by atoms with Gasteiger partial charge >= 0.3 is 6.18 Å². The maximum atomic E-state index is 13.3. The highest BCUT2D eigenvalue weighted by Gasteiger charge is 2.34. The Morgan fingerprint density at radius 2 is 1.57 bits per heavy atom. The third-order valence-corrected chi connectivity index (χ3v) is 5.34. The molecule has 0 saturated carbocycles. The summed E-state index contributed by atoms with van der Waals surface area (Å²) in [5.74, 6) is -0.307. The molecule has 0 radical (unpaired) electrons. The predicted octanol–water partition coefficient (Wildman–Crippen LogP) is 5.52. The summed E-state index contributed by atoms with van der Waals surface area (Å²) < 4.78 is 40.0. The Labute approximate surface area is 177 Å². The molecule has 4 nitrogen and oxygen atoms in total.